The van der Waals surface area contributed by atoms with E-state index in [1.54, 1.807) is 18.9 Å². The van der Waals surface area contributed by atoms with E-state index in [9.17, 15) is 0 Å². The van der Waals surface area contributed by atoms with E-state index >= 15 is 0 Å². The van der Waals surface area contributed by atoms with Gasteiger partial charge in [0.05, 0.1) is 11.6 Å². The van der Waals surface area contributed by atoms with E-state index in [1.165, 1.54) is 4.90 Å². The first-order valence-electron chi connectivity index (χ1n) is 4.48. The summed E-state index contributed by atoms with van der Waals surface area (Å²) < 4.78 is 4.96. The summed E-state index contributed by atoms with van der Waals surface area (Å²) in [6, 6.07) is 9.76. The topological polar surface area (TPSA) is 33.0 Å². The summed E-state index contributed by atoms with van der Waals surface area (Å²) in [6.07, 6.45) is 1.06. The summed E-state index contributed by atoms with van der Waals surface area (Å²) in [4.78, 5) is 1.21. The van der Waals surface area contributed by atoms with Crippen LogP contribution in [0.3, 0.4) is 0 Å². The third-order valence-corrected chi connectivity index (χ3v) is 2.84. The first-order valence-corrected chi connectivity index (χ1v) is 5.47. The molecule has 0 unspecified atom stereocenters. The van der Waals surface area contributed by atoms with Gasteiger partial charge in [-0.25, -0.2) is 0 Å². The normalized spacial score (nSPS) is 9.71. The molecule has 0 N–H and O–H groups in total. The second-order valence-electron chi connectivity index (χ2n) is 2.83. The molecule has 3 heteroatoms. The van der Waals surface area contributed by atoms with E-state index in [-0.39, 0.29) is 0 Å². The minimum atomic E-state index is 0.714. The second kappa shape index (κ2) is 6.47. The van der Waals surface area contributed by atoms with Crippen molar-refractivity contribution in [3.8, 4) is 6.07 Å². The number of hydrogen-bond donors (Lipinski definition) is 0. The molecule has 1 aromatic carbocycles. The molecule has 0 aliphatic heterocycles. The van der Waals surface area contributed by atoms with Crippen LogP contribution in [0.15, 0.2) is 29.2 Å². The van der Waals surface area contributed by atoms with E-state index in [1.807, 2.05) is 24.3 Å². The molecule has 0 amide bonds. The maximum Gasteiger partial charge on any atom is 0.0991 e. The Kier molecular flexibility index (Phi) is 5.13. The highest BCUT2D eigenvalue weighted by Crippen LogP contribution is 2.18. The lowest BCUT2D eigenvalue weighted by molar-refractivity contribution is 0.200. The highest BCUT2D eigenvalue weighted by molar-refractivity contribution is 7.99. The first kappa shape index (κ1) is 11.1. The third-order valence-electron chi connectivity index (χ3n) is 1.74. The predicted octanol–water partition coefficient (Wildman–Crippen LogP) is 2.69. The quantitative estimate of drug-likeness (QED) is 0.549. The van der Waals surface area contributed by atoms with E-state index in [0.29, 0.717) is 5.56 Å². The molecule has 0 fully saturated rings. The van der Waals surface area contributed by atoms with Crippen LogP contribution in [0.5, 0.6) is 0 Å². The monoisotopic (exact) mass is 207 g/mol. The lowest BCUT2D eigenvalue weighted by atomic mass is 10.2. The second-order valence-corrected chi connectivity index (χ2v) is 4.00. The molecule has 0 heterocycles. The van der Waals surface area contributed by atoms with Crippen LogP contribution in [0.4, 0.5) is 0 Å². The average molecular weight is 207 g/mol. The van der Waals surface area contributed by atoms with Gasteiger partial charge in [0.15, 0.2) is 0 Å². The molecule has 0 aliphatic carbocycles. The SMILES string of the molecule is COCCCSc1ccc(C#N)cc1. The van der Waals surface area contributed by atoms with Gasteiger partial charge >= 0.3 is 0 Å². The van der Waals surface area contributed by atoms with E-state index in [0.717, 1.165) is 18.8 Å². The molecule has 0 atom stereocenters. The number of rotatable bonds is 5. The molecule has 0 saturated heterocycles. The number of benzene rings is 1. The highest BCUT2D eigenvalue weighted by atomic mass is 32.2. The molecule has 0 aliphatic rings. The Morgan fingerprint density at radius 1 is 1.36 bits per heavy atom. The molecular weight excluding hydrogens is 194 g/mol. The van der Waals surface area contributed by atoms with Crippen molar-refractivity contribution < 1.29 is 4.74 Å². The maximum absolute atomic E-state index is 8.60. The Morgan fingerprint density at radius 3 is 2.64 bits per heavy atom. The van der Waals surface area contributed by atoms with Gasteiger partial charge < -0.3 is 4.74 Å². The number of nitriles is 1. The van der Waals surface area contributed by atoms with Gasteiger partial charge in [0.2, 0.25) is 0 Å². The molecule has 14 heavy (non-hydrogen) atoms. The van der Waals surface area contributed by atoms with Crippen LogP contribution in [0.25, 0.3) is 0 Å². The van der Waals surface area contributed by atoms with Gasteiger partial charge in [-0.2, -0.15) is 5.26 Å². The number of thioether (sulfide) groups is 1. The lowest BCUT2D eigenvalue weighted by Gasteiger charge is -2.00. The summed E-state index contributed by atoms with van der Waals surface area (Å²) >= 11 is 1.79. The molecule has 1 aromatic rings. The van der Waals surface area contributed by atoms with Gasteiger partial charge in [0.1, 0.15) is 0 Å². The molecule has 0 radical (unpaired) electrons. The molecular formula is C11H13NOS. The lowest BCUT2D eigenvalue weighted by Crippen LogP contribution is -1.89. The molecule has 0 saturated carbocycles. The minimum absolute atomic E-state index is 0.714. The van der Waals surface area contributed by atoms with Crippen molar-refractivity contribution in [2.24, 2.45) is 0 Å². The summed E-state index contributed by atoms with van der Waals surface area (Å²) in [6.45, 7) is 0.809. The Labute approximate surface area is 88.9 Å². The minimum Gasteiger partial charge on any atom is -0.385 e. The zero-order valence-corrected chi connectivity index (χ0v) is 9.01. The summed E-state index contributed by atoms with van der Waals surface area (Å²) in [5, 5.41) is 8.60. The zero-order chi connectivity index (χ0) is 10.2. The van der Waals surface area contributed by atoms with Crippen LogP contribution in [0.2, 0.25) is 0 Å². The fourth-order valence-corrected chi connectivity index (χ4v) is 1.85. The summed E-state index contributed by atoms with van der Waals surface area (Å²) in [7, 11) is 1.71. The number of nitrogens with zero attached hydrogens (tertiary/aromatic N) is 1. The molecule has 0 aromatic heterocycles. The van der Waals surface area contributed by atoms with Crippen molar-refractivity contribution in [1.82, 2.24) is 0 Å². The van der Waals surface area contributed by atoms with Gasteiger partial charge in [0.25, 0.3) is 0 Å². The van der Waals surface area contributed by atoms with Crippen LogP contribution in [-0.4, -0.2) is 19.5 Å². The van der Waals surface area contributed by atoms with Gasteiger partial charge in [-0.1, -0.05) is 0 Å². The van der Waals surface area contributed by atoms with E-state index in [4.69, 9.17) is 10.00 Å². The zero-order valence-electron chi connectivity index (χ0n) is 8.19. The van der Waals surface area contributed by atoms with Gasteiger partial charge in [0, 0.05) is 24.4 Å². The van der Waals surface area contributed by atoms with Crippen LogP contribution in [-0.2, 0) is 4.74 Å². The van der Waals surface area contributed by atoms with Crippen molar-refractivity contribution in [2.45, 2.75) is 11.3 Å². The molecule has 74 valence electrons. The Morgan fingerprint density at radius 2 is 2.07 bits per heavy atom. The van der Waals surface area contributed by atoms with Crippen LogP contribution in [0, 0.1) is 11.3 Å². The van der Waals surface area contributed by atoms with Crippen molar-refractivity contribution in [3.63, 3.8) is 0 Å². The van der Waals surface area contributed by atoms with E-state index in [2.05, 4.69) is 6.07 Å². The third kappa shape index (κ3) is 3.82. The molecule has 0 bridgehead atoms. The molecule has 2 nitrogen and oxygen atoms in total. The van der Waals surface area contributed by atoms with Crippen molar-refractivity contribution in [2.75, 3.05) is 19.5 Å². The van der Waals surface area contributed by atoms with Crippen molar-refractivity contribution in [3.05, 3.63) is 29.8 Å². The molecule has 1 rings (SSSR count). The number of hydrogen-bond acceptors (Lipinski definition) is 3. The Hall–Kier alpha value is -0.980. The average Bonchev–Trinajstić information content (AvgIpc) is 2.25. The number of ether oxygens (including phenoxy) is 1. The largest absolute Gasteiger partial charge is 0.385 e. The van der Waals surface area contributed by atoms with Crippen molar-refractivity contribution >= 4 is 11.8 Å². The maximum atomic E-state index is 8.60. The predicted molar refractivity (Wildman–Crippen MR) is 58.4 cm³/mol. The molecule has 0 spiro atoms. The van der Waals surface area contributed by atoms with E-state index < -0.39 is 0 Å². The smallest absolute Gasteiger partial charge is 0.0991 e. The van der Waals surface area contributed by atoms with Crippen LogP contribution in [0.1, 0.15) is 12.0 Å². The fraction of sp³-hybridized carbons (Fsp3) is 0.364. The Bertz CT molecular complexity index is 302. The van der Waals surface area contributed by atoms with Gasteiger partial charge in [-0.15, -0.1) is 11.8 Å². The van der Waals surface area contributed by atoms with Gasteiger partial charge in [-0.05, 0) is 30.7 Å². The standard InChI is InChI=1S/C11H13NOS/c1-13-7-2-8-14-11-5-3-10(9-12)4-6-11/h3-6H,2,7-8H2,1H3. The summed E-state index contributed by atoms with van der Waals surface area (Å²) in [5.74, 6) is 1.06. The number of methoxy groups -OCH3 is 1. The fourth-order valence-electron chi connectivity index (χ4n) is 1.02. The summed E-state index contributed by atoms with van der Waals surface area (Å²) in [5.41, 5.74) is 0.714. The Balaban J connectivity index is 2.33. The van der Waals surface area contributed by atoms with Gasteiger partial charge in [-0.3, -0.25) is 0 Å². The highest BCUT2D eigenvalue weighted by Gasteiger charge is 1.94. The van der Waals surface area contributed by atoms with Crippen LogP contribution < -0.4 is 0 Å². The first-order chi connectivity index (χ1) is 6.86. The van der Waals surface area contributed by atoms with Crippen LogP contribution >= 0.6 is 11.8 Å². The van der Waals surface area contributed by atoms with Crippen molar-refractivity contribution in [1.29, 1.82) is 5.26 Å².